The Morgan fingerprint density at radius 1 is 1.06 bits per heavy atom. The highest BCUT2D eigenvalue weighted by atomic mass is 19.2. The zero-order chi connectivity index (χ0) is 23.8. The largest absolute Gasteiger partial charge is 0.353 e. The molecule has 176 valence electrons. The van der Waals surface area contributed by atoms with Crippen molar-refractivity contribution in [1.29, 1.82) is 0 Å². The maximum Gasteiger partial charge on any atom is 0.242 e. The molecule has 0 aliphatic heterocycles. The molecule has 9 heteroatoms. The molecule has 0 spiro atoms. The Kier molecular flexibility index (Phi) is 13.4. The molecular weight excluding hydrogens is 416 g/mol. The SMILES string of the molecule is CCCCNCCNC(=O)C(Cc1ccncc1)NC(=O)CN.Cc1ccc(F)c(F)c1. The summed E-state index contributed by atoms with van der Waals surface area (Å²) in [7, 11) is 0. The number of amides is 2. The minimum absolute atomic E-state index is 0.140. The highest BCUT2D eigenvalue weighted by molar-refractivity contribution is 5.88. The number of carbonyl (C=O) groups excluding carboxylic acids is 2. The van der Waals surface area contributed by atoms with Gasteiger partial charge in [-0.25, -0.2) is 8.78 Å². The Morgan fingerprint density at radius 3 is 2.38 bits per heavy atom. The van der Waals surface area contributed by atoms with Crippen LogP contribution in [0, 0.1) is 18.6 Å². The number of unbranched alkanes of at least 4 members (excludes halogenated alkanes) is 1. The van der Waals surface area contributed by atoms with E-state index in [1.165, 1.54) is 6.07 Å². The number of nitrogens with zero attached hydrogens (tertiary/aromatic N) is 1. The first-order chi connectivity index (χ1) is 15.4. The van der Waals surface area contributed by atoms with E-state index in [4.69, 9.17) is 5.73 Å². The molecule has 0 bridgehead atoms. The van der Waals surface area contributed by atoms with Gasteiger partial charge in [-0.1, -0.05) is 19.4 Å². The summed E-state index contributed by atoms with van der Waals surface area (Å²) < 4.78 is 24.3. The molecule has 2 aromatic rings. The van der Waals surface area contributed by atoms with Crippen LogP contribution < -0.4 is 21.7 Å². The van der Waals surface area contributed by atoms with Crippen molar-refractivity contribution >= 4 is 11.8 Å². The van der Waals surface area contributed by atoms with Gasteiger partial charge < -0.3 is 21.7 Å². The molecule has 0 fully saturated rings. The molecular formula is C23H33F2N5O2. The first-order valence-corrected chi connectivity index (χ1v) is 10.7. The predicted molar refractivity (Wildman–Crippen MR) is 121 cm³/mol. The smallest absolute Gasteiger partial charge is 0.242 e. The molecule has 1 aromatic heterocycles. The van der Waals surface area contributed by atoms with E-state index in [9.17, 15) is 18.4 Å². The molecule has 1 atom stereocenters. The molecule has 0 aliphatic rings. The van der Waals surface area contributed by atoms with E-state index in [0.29, 0.717) is 19.5 Å². The molecule has 7 nitrogen and oxygen atoms in total. The van der Waals surface area contributed by atoms with Crippen molar-refractivity contribution in [2.45, 2.75) is 39.2 Å². The average Bonchev–Trinajstić information content (AvgIpc) is 2.79. The Bertz CT molecular complexity index is 821. The number of aryl methyl sites for hydroxylation is 1. The quantitative estimate of drug-likeness (QED) is 0.392. The Balaban J connectivity index is 0.000000471. The molecule has 0 radical (unpaired) electrons. The normalized spacial score (nSPS) is 11.2. The van der Waals surface area contributed by atoms with Gasteiger partial charge in [-0.3, -0.25) is 14.6 Å². The lowest BCUT2D eigenvalue weighted by Gasteiger charge is -2.18. The van der Waals surface area contributed by atoms with Crippen molar-refractivity contribution in [2.75, 3.05) is 26.2 Å². The van der Waals surface area contributed by atoms with Crippen molar-refractivity contribution in [3.8, 4) is 0 Å². The monoisotopic (exact) mass is 449 g/mol. The van der Waals surface area contributed by atoms with Crippen molar-refractivity contribution in [1.82, 2.24) is 20.9 Å². The topological polar surface area (TPSA) is 109 Å². The summed E-state index contributed by atoms with van der Waals surface area (Å²) in [5, 5.41) is 8.75. The first-order valence-electron chi connectivity index (χ1n) is 10.7. The van der Waals surface area contributed by atoms with Gasteiger partial charge in [0.25, 0.3) is 0 Å². The lowest BCUT2D eigenvalue weighted by Crippen LogP contribution is -2.50. The van der Waals surface area contributed by atoms with Gasteiger partial charge in [0, 0.05) is 31.9 Å². The van der Waals surface area contributed by atoms with Gasteiger partial charge in [0.15, 0.2) is 11.6 Å². The number of aromatic nitrogens is 1. The van der Waals surface area contributed by atoms with Crippen LogP contribution in [0.4, 0.5) is 8.78 Å². The summed E-state index contributed by atoms with van der Waals surface area (Å²) in [5.41, 5.74) is 6.98. The molecule has 1 unspecified atom stereocenters. The highest BCUT2D eigenvalue weighted by Gasteiger charge is 2.20. The van der Waals surface area contributed by atoms with E-state index in [1.54, 1.807) is 19.3 Å². The average molecular weight is 450 g/mol. The first kappa shape index (κ1) is 27.1. The number of carbonyl (C=O) groups is 2. The molecule has 1 heterocycles. The van der Waals surface area contributed by atoms with Crippen molar-refractivity contribution in [3.63, 3.8) is 0 Å². The molecule has 0 aliphatic carbocycles. The summed E-state index contributed by atoms with van der Waals surface area (Å²) in [6.45, 7) is 5.87. The van der Waals surface area contributed by atoms with Crippen molar-refractivity contribution in [2.24, 2.45) is 5.73 Å². The fraction of sp³-hybridized carbons (Fsp3) is 0.435. The third kappa shape index (κ3) is 11.5. The summed E-state index contributed by atoms with van der Waals surface area (Å²) in [4.78, 5) is 27.7. The van der Waals surface area contributed by atoms with E-state index >= 15 is 0 Å². The Morgan fingerprint density at radius 2 is 1.78 bits per heavy atom. The third-order valence-corrected chi connectivity index (χ3v) is 4.41. The molecule has 2 rings (SSSR count). The van der Waals surface area contributed by atoms with Crippen LogP contribution >= 0.6 is 0 Å². The summed E-state index contributed by atoms with van der Waals surface area (Å²) >= 11 is 0. The standard InChI is InChI=1S/C16H27N5O2.C7H6F2/c1-2-3-6-18-9-10-20-16(23)14(21-15(22)12-17)11-13-4-7-19-8-5-13;1-5-2-3-6(8)7(9)4-5/h4-5,7-8,14,18H,2-3,6,9-12,17H2,1H3,(H,20,23)(H,21,22);2-4H,1H3. The third-order valence-electron chi connectivity index (χ3n) is 4.41. The molecule has 1 aromatic carbocycles. The van der Waals surface area contributed by atoms with E-state index in [0.717, 1.165) is 42.6 Å². The van der Waals surface area contributed by atoms with Crippen LogP contribution in [0.5, 0.6) is 0 Å². The summed E-state index contributed by atoms with van der Waals surface area (Å²) in [6, 6.07) is 6.81. The predicted octanol–water partition coefficient (Wildman–Crippen LogP) is 1.85. The highest BCUT2D eigenvalue weighted by Crippen LogP contribution is 2.06. The Labute approximate surface area is 188 Å². The molecule has 2 amide bonds. The van der Waals surface area contributed by atoms with Gasteiger partial charge in [-0.15, -0.1) is 0 Å². The second-order valence-electron chi connectivity index (χ2n) is 7.20. The van der Waals surface area contributed by atoms with Gasteiger partial charge in [-0.05, 0) is 55.3 Å². The van der Waals surface area contributed by atoms with E-state index in [1.807, 2.05) is 12.1 Å². The second kappa shape index (κ2) is 15.8. The van der Waals surface area contributed by atoms with Crippen molar-refractivity contribution in [3.05, 3.63) is 65.5 Å². The summed E-state index contributed by atoms with van der Waals surface area (Å²) in [5.74, 6) is -2.13. The second-order valence-corrected chi connectivity index (χ2v) is 7.20. The number of hydrogen-bond donors (Lipinski definition) is 4. The fourth-order valence-electron chi connectivity index (χ4n) is 2.64. The molecule has 0 saturated heterocycles. The molecule has 5 N–H and O–H groups in total. The molecule has 32 heavy (non-hydrogen) atoms. The molecule has 0 saturated carbocycles. The summed E-state index contributed by atoms with van der Waals surface area (Å²) in [6.07, 6.45) is 5.98. The number of hydrogen-bond acceptors (Lipinski definition) is 5. The number of rotatable bonds is 11. The van der Waals surface area contributed by atoms with Gasteiger partial charge in [0.1, 0.15) is 6.04 Å². The van der Waals surface area contributed by atoms with Crippen LogP contribution in [0.25, 0.3) is 0 Å². The zero-order valence-corrected chi connectivity index (χ0v) is 18.7. The number of benzene rings is 1. The van der Waals surface area contributed by atoms with E-state index < -0.39 is 17.7 Å². The van der Waals surface area contributed by atoms with E-state index in [-0.39, 0.29) is 18.4 Å². The van der Waals surface area contributed by atoms with Crippen molar-refractivity contribution < 1.29 is 18.4 Å². The van der Waals surface area contributed by atoms with E-state index in [2.05, 4.69) is 27.9 Å². The van der Waals surface area contributed by atoms with Crippen LogP contribution in [0.15, 0.2) is 42.7 Å². The van der Waals surface area contributed by atoms with Crippen LogP contribution in [0.3, 0.4) is 0 Å². The van der Waals surface area contributed by atoms with Gasteiger partial charge in [0.2, 0.25) is 11.8 Å². The fourth-order valence-corrected chi connectivity index (χ4v) is 2.64. The lowest BCUT2D eigenvalue weighted by atomic mass is 10.1. The van der Waals surface area contributed by atoms with Gasteiger partial charge in [-0.2, -0.15) is 0 Å². The van der Waals surface area contributed by atoms with Gasteiger partial charge in [0.05, 0.1) is 6.54 Å². The maximum absolute atomic E-state index is 12.3. The number of nitrogens with one attached hydrogen (secondary N) is 3. The maximum atomic E-state index is 12.3. The minimum atomic E-state index is -0.791. The van der Waals surface area contributed by atoms with Crippen LogP contribution in [-0.2, 0) is 16.0 Å². The Hall–Kier alpha value is -2.91. The van der Waals surface area contributed by atoms with Gasteiger partial charge >= 0.3 is 0 Å². The van der Waals surface area contributed by atoms with Crippen LogP contribution in [-0.4, -0.2) is 49.0 Å². The lowest BCUT2D eigenvalue weighted by molar-refractivity contribution is -0.128. The number of halogens is 2. The van der Waals surface area contributed by atoms with Crippen LogP contribution in [0.2, 0.25) is 0 Å². The zero-order valence-electron chi connectivity index (χ0n) is 18.7. The number of nitrogens with two attached hydrogens (primary N) is 1. The minimum Gasteiger partial charge on any atom is -0.353 e. The van der Waals surface area contributed by atoms with Crippen LogP contribution in [0.1, 0.15) is 30.9 Å². The number of pyridine rings is 1.